The minimum Gasteiger partial charge on any atom is -0.508 e. The second-order valence-electron chi connectivity index (χ2n) is 8.99. The van der Waals surface area contributed by atoms with E-state index >= 15 is 0 Å². The number of aromatic hydroxyl groups is 3. The summed E-state index contributed by atoms with van der Waals surface area (Å²) in [7, 11) is 0. The van der Waals surface area contributed by atoms with Crippen LogP contribution in [0.5, 0.6) is 23.0 Å². The topological polar surface area (TPSA) is 176 Å². The van der Waals surface area contributed by atoms with Crippen LogP contribution in [0.4, 0.5) is 0 Å². The Morgan fingerprint density at radius 2 is 1.76 bits per heavy atom. The highest BCUT2D eigenvalue weighted by molar-refractivity contribution is 5.88. The Kier molecular flexibility index (Phi) is 7.30. The standard InChI is InChI=1S/C26H28O11/c1-4-11(2)25(33)37-24-19(29)12(3)34-26(22(24)32)35-15-9-16(28)18-17(10-15)36-23(21(31)20(18)30)13-5-7-14(27)8-6-13/h5-12,19,22,24,26-29,31-32H,4H2,1-3H3/t11-,12-,19-,22+,24+,26-/m0/s1. The number of hydrogen-bond acceptors (Lipinski definition) is 11. The number of phenols is 2. The fourth-order valence-electron chi connectivity index (χ4n) is 3.93. The van der Waals surface area contributed by atoms with Gasteiger partial charge in [0.1, 0.15) is 34.3 Å². The largest absolute Gasteiger partial charge is 0.508 e. The van der Waals surface area contributed by atoms with Crippen molar-refractivity contribution in [1.29, 1.82) is 0 Å². The van der Waals surface area contributed by atoms with Gasteiger partial charge in [0, 0.05) is 17.7 Å². The molecule has 1 fully saturated rings. The Balaban J connectivity index is 1.67. The minimum atomic E-state index is -1.59. The highest BCUT2D eigenvalue weighted by atomic mass is 16.7. The van der Waals surface area contributed by atoms with Crippen molar-refractivity contribution >= 4 is 16.9 Å². The normalized spacial score (nSPS) is 24.5. The first-order chi connectivity index (χ1) is 17.5. The van der Waals surface area contributed by atoms with E-state index in [9.17, 15) is 35.1 Å². The Morgan fingerprint density at radius 3 is 2.41 bits per heavy atom. The van der Waals surface area contributed by atoms with Crippen molar-refractivity contribution in [3.63, 3.8) is 0 Å². The van der Waals surface area contributed by atoms with E-state index in [2.05, 4.69) is 0 Å². The molecule has 3 aromatic rings. The van der Waals surface area contributed by atoms with E-state index in [0.717, 1.165) is 6.07 Å². The van der Waals surface area contributed by atoms with Gasteiger partial charge in [-0.1, -0.05) is 13.8 Å². The van der Waals surface area contributed by atoms with Gasteiger partial charge in [0.2, 0.25) is 17.5 Å². The first-order valence-corrected chi connectivity index (χ1v) is 11.7. The summed E-state index contributed by atoms with van der Waals surface area (Å²) in [6.45, 7) is 4.98. The molecule has 11 heteroatoms. The zero-order valence-electron chi connectivity index (χ0n) is 20.3. The Hall–Kier alpha value is -3.80. The van der Waals surface area contributed by atoms with Crippen LogP contribution in [-0.4, -0.2) is 62.2 Å². The van der Waals surface area contributed by atoms with Gasteiger partial charge in [-0.2, -0.15) is 0 Å². The van der Waals surface area contributed by atoms with Gasteiger partial charge in [-0.3, -0.25) is 9.59 Å². The summed E-state index contributed by atoms with van der Waals surface area (Å²) < 4.78 is 22.3. The Labute approximate surface area is 211 Å². The van der Waals surface area contributed by atoms with Gasteiger partial charge in [0.05, 0.1) is 12.0 Å². The molecule has 0 aliphatic carbocycles. The quantitative estimate of drug-likeness (QED) is 0.304. The number of rotatable bonds is 6. The summed E-state index contributed by atoms with van der Waals surface area (Å²) in [5.41, 5.74) is -0.741. The maximum absolute atomic E-state index is 12.8. The number of ether oxygens (including phenoxy) is 3. The van der Waals surface area contributed by atoms with Gasteiger partial charge >= 0.3 is 5.97 Å². The van der Waals surface area contributed by atoms with E-state index in [-0.39, 0.29) is 28.2 Å². The van der Waals surface area contributed by atoms with Crippen LogP contribution in [-0.2, 0) is 14.3 Å². The third-order valence-corrected chi connectivity index (χ3v) is 6.35. The van der Waals surface area contributed by atoms with Gasteiger partial charge in [0.25, 0.3) is 0 Å². The van der Waals surface area contributed by atoms with Crippen LogP contribution in [0.3, 0.4) is 0 Å². The molecule has 1 saturated heterocycles. The molecule has 4 rings (SSSR count). The van der Waals surface area contributed by atoms with E-state index in [1.807, 2.05) is 0 Å². The van der Waals surface area contributed by atoms with E-state index in [1.165, 1.54) is 37.3 Å². The summed E-state index contributed by atoms with van der Waals surface area (Å²) in [6.07, 6.45) is -6.02. The summed E-state index contributed by atoms with van der Waals surface area (Å²) in [4.78, 5) is 25.1. The fourth-order valence-corrected chi connectivity index (χ4v) is 3.93. The molecule has 2 aromatic carbocycles. The monoisotopic (exact) mass is 516 g/mol. The molecular weight excluding hydrogens is 488 g/mol. The van der Waals surface area contributed by atoms with E-state index in [1.54, 1.807) is 13.8 Å². The molecule has 0 radical (unpaired) electrons. The van der Waals surface area contributed by atoms with Crippen molar-refractivity contribution in [3.05, 3.63) is 46.6 Å². The summed E-state index contributed by atoms with van der Waals surface area (Å²) in [6, 6.07) is 7.88. The number of esters is 1. The minimum absolute atomic E-state index is 0.0294. The van der Waals surface area contributed by atoms with Gasteiger partial charge in [-0.25, -0.2) is 0 Å². The van der Waals surface area contributed by atoms with Crippen molar-refractivity contribution in [2.45, 2.75) is 57.9 Å². The maximum Gasteiger partial charge on any atom is 0.309 e. The molecule has 1 aliphatic heterocycles. The molecular formula is C26H28O11. The highest BCUT2D eigenvalue weighted by Crippen LogP contribution is 2.37. The molecule has 37 heavy (non-hydrogen) atoms. The lowest BCUT2D eigenvalue weighted by Gasteiger charge is -2.40. The number of carbonyl (C=O) groups is 1. The maximum atomic E-state index is 12.8. The van der Waals surface area contributed by atoms with Crippen LogP contribution in [0.25, 0.3) is 22.3 Å². The summed E-state index contributed by atoms with van der Waals surface area (Å²) >= 11 is 0. The smallest absolute Gasteiger partial charge is 0.309 e. The molecule has 5 N–H and O–H groups in total. The van der Waals surface area contributed by atoms with Gasteiger partial charge < -0.3 is 44.2 Å². The van der Waals surface area contributed by atoms with Crippen molar-refractivity contribution in [1.82, 2.24) is 0 Å². The van der Waals surface area contributed by atoms with Crippen molar-refractivity contribution in [2.24, 2.45) is 5.92 Å². The molecule has 0 bridgehead atoms. The Bertz CT molecular complexity index is 1350. The predicted octanol–water partition coefficient (Wildman–Crippen LogP) is 2.38. The molecule has 0 spiro atoms. The lowest BCUT2D eigenvalue weighted by atomic mass is 9.99. The lowest BCUT2D eigenvalue weighted by molar-refractivity contribution is -0.273. The first kappa shape index (κ1) is 26.3. The second kappa shape index (κ2) is 10.3. The molecule has 0 amide bonds. The Morgan fingerprint density at radius 1 is 1.08 bits per heavy atom. The molecule has 198 valence electrons. The molecule has 1 aromatic heterocycles. The molecule has 1 aliphatic rings. The number of phenolic OH excluding ortho intramolecular Hbond substituents is 2. The molecule has 11 nitrogen and oxygen atoms in total. The van der Waals surface area contributed by atoms with Gasteiger partial charge in [-0.15, -0.1) is 0 Å². The van der Waals surface area contributed by atoms with Crippen LogP contribution in [0, 0.1) is 5.92 Å². The van der Waals surface area contributed by atoms with E-state index in [4.69, 9.17) is 18.6 Å². The van der Waals surface area contributed by atoms with Gasteiger partial charge in [0.15, 0.2) is 18.0 Å². The van der Waals surface area contributed by atoms with E-state index in [0.29, 0.717) is 12.0 Å². The van der Waals surface area contributed by atoms with Crippen molar-refractivity contribution < 1.29 is 49.0 Å². The first-order valence-electron chi connectivity index (χ1n) is 11.7. The second-order valence-corrected chi connectivity index (χ2v) is 8.99. The summed E-state index contributed by atoms with van der Waals surface area (Å²) in [5, 5.41) is 51.3. The molecule has 2 heterocycles. The van der Waals surface area contributed by atoms with E-state index < -0.39 is 59.5 Å². The van der Waals surface area contributed by atoms with Crippen LogP contribution >= 0.6 is 0 Å². The van der Waals surface area contributed by atoms with Crippen LogP contribution < -0.4 is 10.2 Å². The molecule has 6 atom stereocenters. The number of aliphatic hydroxyl groups excluding tert-OH is 2. The van der Waals surface area contributed by atoms with Crippen molar-refractivity contribution in [2.75, 3.05) is 0 Å². The van der Waals surface area contributed by atoms with Crippen molar-refractivity contribution in [3.8, 4) is 34.3 Å². The third-order valence-electron chi connectivity index (χ3n) is 6.35. The zero-order chi connectivity index (χ0) is 27.0. The fraction of sp³-hybridized carbons (Fsp3) is 0.385. The van der Waals surface area contributed by atoms with Gasteiger partial charge in [-0.05, 0) is 37.6 Å². The average Bonchev–Trinajstić information content (AvgIpc) is 2.86. The average molecular weight is 516 g/mol. The van der Waals surface area contributed by atoms with Crippen LogP contribution in [0.2, 0.25) is 0 Å². The molecule has 0 unspecified atom stereocenters. The van der Waals surface area contributed by atoms with Crippen LogP contribution in [0.1, 0.15) is 27.2 Å². The summed E-state index contributed by atoms with van der Waals surface area (Å²) in [5.74, 6) is -2.64. The van der Waals surface area contributed by atoms with Crippen LogP contribution in [0.15, 0.2) is 45.6 Å². The predicted molar refractivity (Wildman–Crippen MR) is 129 cm³/mol. The number of hydrogen-bond donors (Lipinski definition) is 5. The number of benzene rings is 2. The third kappa shape index (κ3) is 5.06. The zero-order valence-corrected chi connectivity index (χ0v) is 20.3. The number of carbonyl (C=O) groups excluding carboxylic acids is 1. The SMILES string of the molecule is CC[C@H](C)C(=O)O[C@@H]1[C@@H](O)[C@H](C)O[C@@H](Oc2cc(O)c3c(=O)c(O)c(-c4ccc(O)cc4)oc3c2)[C@@H]1O. The number of aliphatic hydroxyl groups is 2. The highest BCUT2D eigenvalue weighted by Gasteiger charge is 2.46. The number of fused-ring (bicyclic) bond motifs is 1. The lowest BCUT2D eigenvalue weighted by Crippen LogP contribution is -2.59. The molecule has 0 saturated carbocycles.